The topological polar surface area (TPSA) is 58.2 Å². The summed E-state index contributed by atoms with van der Waals surface area (Å²) in [5.74, 6) is 0.0660. The van der Waals surface area contributed by atoms with Crippen molar-refractivity contribution in [2.45, 2.75) is 12.5 Å². The van der Waals surface area contributed by atoms with E-state index in [4.69, 9.17) is 23.2 Å². The summed E-state index contributed by atoms with van der Waals surface area (Å²) in [6, 6.07) is 13.1. The van der Waals surface area contributed by atoms with Crippen molar-refractivity contribution in [2.24, 2.45) is 0 Å². The first kappa shape index (κ1) is 19.6. The molecule has 0 heterocycles. The number of hydrogen-bond donors (Lipinski definition) is 2. The molecular formula is C18H18Cl2N2O2S. The Labute approximate surface area is 161 Å². The summed E-state index contributed by atoms with van der Waals surface area (Å²) < 4.78 is 0. The Bertz CT molecular complexity index is 741. The van der Waals surface area contributed by atoms with Crippen molar-refractivity contribution in [3.8, 4) is 0 Å². The summed E-state index contributed by atoms with van der Waals surface area (Å²) in [6.07, 6.45) is 2.46. The summed E-state index contributed by atoms with van der Waals surface area (Å²) >= 11 is 13.5. The average Bonchev–Trinajstić information content (AvgIpc) is 2.59. The Morgan fingerprint density at radius 3 is 2.48 bits per heavy atom. The largest absolute Gasteiger partial charge is 0.340 e. The van der Waals surface area contributed by atoms with Gasteiger partial charge in [-0.3, -0.25) is 9.59 Å². The van der Waals surface area contributed by atoms with E-state index in [1.165, 1.54) is 6.07 Å². The van der Waals surface area contributed by atoms with Crippen LogP contribution in [0, 0.1) is 0 Å². The Kier molecular flexibility index (Phi) is 7.62. The van der Waals surface area contributed by atoms with Crippen molar-refractivity contribution in [2.75, 3.05) is 17.3 Å². The standard InChI is InChI=1S/C18H18Cl2N2O2S/c1-25-10-9-16(18(24)21-13-5-3-2-4-6-13)22-17(23)14-8-7-12(19)11-15(14)20/h2-8,11,16H,9-10H2,1H3,(H,21,24)(H,22,23). The van der Waals surface area contributed by atoms with E-state index in [-0.39, 0.29) is 16.5 Å². The third kappa shape index (κ3) is 5.96. The number of halogens is 2. The fraction of sp³-hybridized carbons (Fsp3) is 0.222. The van der Waals surface area contributed by atoms with Gasteiger partial charge in [-0.05, 0) is 48.8 Å². The second-order valence-electron chi connectivity index (χ2n) is 5.29. The maximum atomic E-state index is 12.5. The molecule has 0 saturated heterocycles. The van der Waals surface area contributed by atoms with Crippen LogP contribution in [0.15, 0.2) is 48.5 Å². The Balaban J connectivity index is 2.10. The molecule has 7 heteroatoms. The summed E-state index contributed by atoms with van der Waals surface area (Å²) in [7, 11) is 0. The molecule has 132 valence electrons. The molecular weight excluding hydrogens is 379 g/mol. The second kappa shape index (κ2) is 9.70. The van der Waals surface area contributed by atoms with E-state index in [1.54, 1.807) is 36.0 Å². The zero-order valence-electron chi connectivity index (χ0n) is 13.6. The third-order valence-electron chi connectivity index (χ3n) is 3.45. The van der Waals surface area contributed by atoms with Gasteiger partial charge in [-0.25, -0.2) is 0 Å². The lowest BCUT2D eigenvalue weighted by atomic mass is 10.1. The quantitative estimate of drug-likeness (QED) is 0.724. The van der Waals surface area contributed by atoms with Gasteiger partial charge in [0.2, 0.25) is 5.91 Å². The van der Waals surface area contributed by atoms with Crippen LogP contribution in [-0.2, 0) is 4.79 Å². The van der Waals surface area contributed by atoms with Gasteiger partial charge in [0, 0.05) is 10.7 Å². The Morgan fingerprint density at radius 1 is 1.12 bits per heavy atom. The number of thioether (sulfide) groups is 1. The maximum Gasteiger partial charge on any atom is 0.253 e. The minimum atomic E-state index is -0.660. The van der Waals surface area contributed by atoms with Crippen molar-refractivity contribution in [3.05, 3.63) is 64.1 Å². The van der Waals surface area contributed by atoms with Gasteiger partial charge in [-0.1, -0.05) is 41.4 Å². The highest BCUT2D eigenvalue weighted by Gasteiger charge is 2.22. The molecule has 0 aliphatic carbocycles. The van der Waals surface area contributed by atoms with Gasteiger partial charge in [0.25, 0.3) is 5.91 Å². The number of nitrogens with one attached hydrogen (secondary N) is 2. The number of hydrogen-bond acceptors (Lipinski definition) is 3. The normalized spacial score (nSPS) is 11.6. The van der Waals surface area contributed by atoms with E-state index in [0.29, 0.717) is 17.1 Å². The first-order chi connectivity index (χ1) is 12.0. The number of carbonyl (C=O) groups excluding carboxylic acids is 2. The first-order valence-corrected chi connectivity index (χ1v) is 9.77. The summed E-state index contributed by atoms with van der Waals surface area (Å²) in [5, 5.41) is 6.26. The van der Waals surface area contributed by atoms with Crippen molar-refractivity contribution in [1.82, 2.24) is 5.32 Å². The van der Waals surface area contributed by atoms with Crippen LogP contribution < -0.4 is 10.6 Å². The highest BCUT2D eigenvalue weighted by atomic mass is 35.5. The lowest BCUT2D eigenvalue weighted by Crippen LogP contribution is -2.44. The molecule has 0 saturated carbocycles. The molecule has 25 heavy (non-hydrogen) atoms. The summed E-state index contributed by atoms with van der Waals surface area (Å²) in [4.78, 5) is 25.0. The van der Waals surface area contributed by atoms with Gasteiger partial charge in [0.05, 0.1) is 10.6 Å². The van der Waals surface area contributed by atoms with Gasteiger partial charge in [0.1, 0.15) is 6.04 Å². The number of carbonyl (C=O) groups is 2. The zero-order chi connectivity index (χ0) is 18.2. The minimum absolute atomic E-state index is 0.247. The van der Waals surface area contributed by atoms with E-state index in [1.807, 2.05) is 24.5 Å². The Hall–Kier alpha value is -1.69. The van der Waals surface area contributed by atoms with E-state index in [0.717, 1.165) is 5.75 Å². The van der Waals surface area contributed by atoms with Gasteiger partial charge >= 0.3 is 0 Å². The van der Waals surface area contributed by atoms with E-state index >= 15 is 0 Å². The van der Waals surface area contributed by atoms with Crippen LogP contribution >= 0.6 is 35.0 Å². The number of amides is 2. The van der Waals surface area contributed by atoms with Crippen LogP contribution in [0.25, 0.3) is 0 Å². The van der Waals surface area contributed by atoms with Crippen LogP contribution in [0.5, 0.6) is 0 Å². The lowest BCUT2D eigenvalue weighted by Gasteiger charge is -2.18. The fourth-order valence-corrected chi connectivity index (χ4v) is 3.13. The predicted molar refractivity (Wildman–Crippen MR) is 106 cm³/mol. The number of para-hydroxylation sites is 1. The molecule has 2 amide bonds. The van der Waals surface area contributed by atoms with E-state index in [9.17, 15) is 9.59 Å². The van der Waals surface area contributed by atoms with Crippen LogP contribution in [0.3, 0.4) is 0 Å². The van der Waals surface area contributed by atoms with Gasteiger partial charge < -0.3 is 10.6 Å². The molecule has 1 atom stereocenters. The lowest BCUT2D eigenvalue weighted by molar-refractivity contribution is -0.118. The monoisotopic (exact) mass is 396 g/mol. The van der Waals surface area contributed by atoms with Gasteiger partial charge in [-0.15, -0.1) is 0 Å². The van der Waals surface area contributed by atoms with E-state index in [2.05, 4.69) is 10.6 Å². The number of rotatable bonds is 7. The molecule has 2 aromatic carbocycles. The second-order valence-corrected chi connectivity index (χ2v) is 7.12. The molecule has 0 radical (unpaired) electrons. The van der Waals surface area contributed by atoms with Gasteiger partial charge in [-0.2, -0.15) is 11.8 Å². The molecule has 0 aliphatic rings. The SMILES string of the molecule is CSCCC(NC(=O)c1ccc(Cl)cc1Cl)C(=O)Nc1ccccc1. The molecule has 0 fully saturated rings. The van der Waals surface area contributed by atoms with Crippen LogP contribution in [0.2, 0.25) is 10.0 Å². The molecule has 0 aliphatic heterocycles. The molecule has 2 N–H and O–H groups in total. The van der Waals surface area contributed by atoms with Crippen LogP contribution in [-0.4, -0.2) is 29.9 Å². The molecule has 0 spiro atoms. The van der Waals surface area contributed by atoms with Crippen LogP contribution in [0.4, 0.5) is 5.69 Å². The van der Waals surface area contributed by atoms with Crippen molar-refractivity contribution in [3.63, 3.8) is 0 Å². The smallest absolute Gasteiger partial charge is 0.253 e. The molecule has 0 aromatic heterocycles. The van der Waals surface area contributed by atoms with Crippen molar-refractivity contribution in [1.29, 1.82) is 0 Å². The first-order valence-electron chi connectivity index (χ1n) is 7.62. The minimum Gasteiger partial charge on any atom is -0.340 e. The summed E-state index contributed by atoms with van der Waals surface area (Å²) in [6.45, 7) is 0. The number of benzene rings is 2. The van der Waals surface area contributed by atoms with Crippen LogP contribution in [0.1, 0.15) is 16.8 Å². The fourth-order valence-electron chi connectivity index (χ4n) is 2.16. The predicted octanol–water partition coefficient (Wildman–Crippen LogP) is 4.48. The number of anilines is 1. The molecule has 1 unspecified atom stereocenters. The molecule has 0 bridgehead atoms. The average molecular weight is 397 g/mol. The Morgan fingerprint density at radius 2 is 1.84 bits per heavy atom. The highest BCUT2D eigenvalue weighted by molar-refractivity contribution is 7.98. The molecule has 4 nitrogen and oxygen atoms in total. The maximum absolute atomic E-state index is 12.5. The molecule has 2 rings (SSSR count). The molecule has 2 aromatic rings. The summed E-state index contributed by atoms with van der Waals surface area (Å²) in [5.41, 5.74) is 0.966. The van der Waals surface area contributed by atoms with Crippen molar-refractivity contribution < 1.29 is 9.59 Å². The van der Waals surface area contributed by atoms with Gasteiger partial charge in [0.15, 0.2) is 0 Å². The van der Waals surface area contributed by atoms with Crippen molar-refractivity contribution >= 4 is 52.5 Å². The van der Waals surface area contributed by atoms with E-state index < -0.39 is 11.9 Å². The third-order valence-corrected chi connectivity index (χ3v) is 4.64. The highest BCUT2D eigenvalue weighted by Crippen LogP contribution is 2.21. The zero-order valence-corrected chi connectivity index (χ0v) is 15.9.